The molecule has 0 aliphatic carbocycles. The molecule has 1 N–H and O–H groups in total. The van der Waals surface area contributed by atoms with Crippen LogP contribution < -0.4 is 0 Å². The quantitative estimate of drug-likeness (QED) is 0.902. The summed E-state index contributed by atoms with van der Waals surface area (Å²) in [7, 11) is 0. The van der Waals surface area contributed by atoms with E-state index in [1.54, 1.807) is 0 Å². The molecule has 1 aromatic heterocycles. The van der Waals surface area contributed by atoms with Crippen molar-refractivity contribution in [3.63, 3.8) is 0 Å². The van der Waals surface area contributed by atoms with Gasteiger partial charge in [-0.3, -0.25) is 4.90 Å². The van der Waals surface area contributed by atoms with Gasteiger partial charge in [0.05, 0.1) is 18.7 Å². The Morgan fingerprint density at radius 2 is 2.11 bits per heavy atom. The standard InChI is InChI=1S/C14H24N4O/c1-2-17-9-4-3-7-12(17)14-16-15-13-8-5-6-11(10-19)18(13)14/h11-12,19H,2-10H2,1H3. The maximum absolute atomic E-state index is 9.61. The van der Waals surface area contributed by atoms with Crippen molar-refractivity contribution in [1.29, 1.82) is 0 Å². The summed E-state index contributed by atoms with van der Waals surface area (Å²) in [6, 6.07) is 0.585. The minimum Gasteiger partial charge on any atom is -0.394 e. The van der Waals surface area contributed by atoms with Crippen LogP contribution in [-0.2, 0) is 6.42 Å². The first kappa shape index (κ1) is 13.1. The van der Waals surface area contributed by atoms with Crippen LogP contribution in [0.3, 0.4) is 0 Å². The van der Waals surface area contributed by atoms with Crippen molar-refractivity contribution in [2.75, 3.05) is 19.7 Å². The zero-order valence-corrected chi connectivity index (χ0v) is 11.8. The second kappa shape index (κ2) is 5.59. The number of likely N-dealkylation sites (tertiary alicyclic amines) is 1. The van der Waals surface area contributed by atoms with Crippen LogP contribution in [-0.4, -0.2) is 44.5 Å². The fourth-order valence-electron chi connectivity index (χ4n) is 3.59. The fraction of sp³-hybridized carbons (Fsp3) is 0.857. The van der Waals surface area contributed by atoms with Crippen LogP contribution in [0, 0.1) is 0 Å². The van der Waals surface area contributed by atoms with E-state index in [4.69, 9.17) is 0 Å². The average Bonchev–Trinajstić information content (AvgIpc) is 2.91. The van der Waals surface area contributed by atoms with Gasteiger partial charge in [0, 0.05) is 6.42 Å². The van der Waals surface area contributed by atoms with Crippen LogP contribution in [0.25, 0.3) is 0 Å². The van der Waals surface area contributed by atoms with Crippen molar-refractivity contribution in [1.82, 2.24) is 19.7 Å². The molecule has 2 atom stereocenters. The van der Waals surface area contributed by atoms with E-state index in [9.17, 15) is 5.11 Å². The maximum atomic E-state index is 9.61. The smallest absolute Gasteiger partial charge is 0.150 e. The molecule has 5 heteroatoms. The maximum Gasteiger partial charge on any atom is 0.150 e. The lowest BCUT2D eigenvalue weighted by atomic mass is 9.99. The molecule has 3 heterocycles. The SMILES string of the molecule is CCN1CCCCC1c1nnc2n1C(CO)CCC2. The second-order valence-corrected chi connectivity index (χ2v) is 5.71. The van der Waals surface area contributed by atoms with Gasteiger partial charge >= 0.3 is 0 Å². The summed E-state index contributed by atoms with van der Waals surface area (Å²) in [5.74, 6) is 2.16. The van der Waals surface area contributed by atoms with Crippen molar-refractivity contribution in [2.24, 2.45) is 0 Å². The van der Waals surface area contributed by atoms with E-state index in [1.165, 1.54) is 19.3 Å². The average molecular weight is 264 g/mol. The Morgan fingerprint density at radius 1 is 1.21 bits per heavy atom. The molecular weight excluding hydrogens is 240 g/mol. The molecule has 0 bridgehead atoms. The van der Waals surface area contributed by atoms with E-state index in [0.29, 0.717) is 6.04 Å². The van der Waals surface area contributed by atoms with Gasteiger partial charge in [-0.15, -0.1) is 10.2 Å². The summed E-state index contributed by atoms with van der Waals surface area (Å²) in [6.07, 6.45) is 6.90. The first-order valence-corrected chi connectivity index (χ1v) is 7.63. The highest BCUT2D eigenvalue weighted by Gasteiger charge is 2.32. The van der Waals surface area contributed by atoms with E-state index >= 15 is 0 Å². The summed E-state index contributed by atoms with van der Waals surface area (Å²) in [6.45, 7) is 4.65. The molecule has 3 rings (SSSR count). The lowest BCUT2D eigenvalue weighted by Gasteiger charge is -2.36. The number of aliphatic hydroxyl groups is 1. The van der Waals surface area contributed by atoms with E-state index in [1.807, 2.05) is 0 Å². The van der Waals surface area contributed by atoms with Crippen LogP contribution in [0.15, 0.2) is 0 Å². The highest BCUT2D eigenvalue weighted by molar-refractivity contribution is 5.07. The molecule has 0 radical (unpaired) electrons. The van der Waals surface area contributed by atoms with Gasteiger partial charge in [-0.25, -0.2) is 0 Å². The molecule has 1 fully saturated rings. The topological polar surface area (TPSA) is 54.2 Å². The van der Waals surface area contributed by atoms with E-state index < -0.39 is 0 Å². The molecule has 1 saturated heterocycles. The zero-order valence-electron chi connectivity index (χ0n) is 11.8. The summed E-state index contributed by atoms with van der Waals surface area (Å²) in [4.78, 5) is 2.50. The van der Waals surface area contributed by atoms with Gasteiger partial charge in [-0.05, 0) is 38.8 Å². The summed E-state index contributed by atoms with van der Waals surface area (Å²) in [5, 5.41) is 18.5. The van der Waals surface area contributed by atoms with Crippen LogP contribution in [0.1, 0.15) is 62.8 Å². The third-order valence-corrected chi connectivity index (χ3v) is 4.62. The molecule has 19 heavy (non-hydrogen) atoms. The highest BCUT2D eigenvalue weighted by atomic mass is 16.3. The molecule has 0 spiro atoms. The Labute approximate surface area is 114 Å². The molecule has 5 nitrogen and oxygen atoms in total. The molecule has 2 aliphatic heterocycles. The number of aromatic nitrogens is 3. The van der Waals surface area contributed by atoms with Gasteiger partial charge in [0.15, 0.2) is 5.82 Å². The van der Waals surface area contributed by atoms with Gasteiger partial charge in [0.2, 0.25) is 0 Å². The highest BCUT2D eigenvalue weighted by Crippen LogP contribution is 2.34. The molecule has 2 aliphatic rings. The normalized spacial score (nSPS) is 28.3. The molecule has 2 unspecified atom stereocenters. The molecule has 0 aromatic carbocycles. The Balaban J connectivity index is 1.94. The largest absolute Gasteiger partial charge is 0.394 e. The Kier molecular flexibility index (Phi) is 3.84. The monoisotopic (exact) mass is 264 g/mol. The molecule has 0 saturated carbocycles. The van der Waals surface area contributed by atoms with E-state index in [2.05, 4.69) is 26.6 Å². The summed E-state index contributed by atoms with van der Waals surface area (Å²) in [5.41, 5.74) is 0. The first-order valence-electron chi connectivity index (χ1n) is 7.63. The number of aliphatic hydroxyl groups excluding tert-OH is 1. The van der Waals surface area contributed by atoms with Crippen molar-refractivity contribution >= 4 is 0 Å². The number of fused-ring (bicyclic) bond motifs is 1. The predicted molar refractivity (Wildman–Crippen MR) is 72.9 cm³/mol. The second-order valence-electron chi connectivity index (χ2n) is 5.71. The van der Waals surface area contributed by atoms with Gasteiger partial charge in [0.25, 0.3) is 0 Å². The van der Waals surface area contributed by atoms with Crippen LogP contribution in [0.5, 0.6) is 0 Å². The lowest BCUT2D eigenvalue weighted by molar-refractivity contribution is 0.136. The minimum absolute atomic E-state index is 0.189. The third kappa shape index (κ3) is 2.30. The molecule has 0 amide bonds. The molecule has 1 aromatic rings. The minimum atomic E-state index is 0.189. The van der Waals surface area contributed by atoms with Crippen molar-refractivity contribution in [2.45, 2.75) is 57.5 Å². The predicted octanol–water partition coefficient (Wildman–Crippen LogP) is 1.69. The van der Waals surface area contributed by atoms with Gasteiger partial charge in [-0.2, -0.15) is 0 Å². The Bertz CT molecular complexity index is 431. The number of rotatable bonds is 3. The number of aryl methyl sites for hydroxylation is 1. The number of hydrogen-bond donors (Lipinski definition) is 1. The van der Waals surface area contributed by atoms with Crippen molar-refractivity contribution < 1.29 is 5.11 Å². The first-order chi connectivity index (χ1) is 9.35. The van der Waals surface area contributed by atoms with Gasteiger partial charge in [0.1, 0.15) is 5.82 Å². The van der Waals surface area contributed by atoms with Crippen molar-refractivity contribution in [3.05, 3.63) is 11.6 Å². The van der Waals surface area contributed by atoms with E-state index in [0.717, 1.165) is 44.0 Å². The van der Waals surface area contributed by atoms with Gasteiger partial charge in [-0.1, -0.05) is 13.3 Å². The van der Waals surface area contributed by atoms with Crippen LogP contribution >= 0.6 is 0 Å². The zero-order chi connectivity index (χ0) is 13.2. The number of hydrogen-bond acceptors (Lipinski definition) is 4. The summed E-state index contributed by atoms with van der Waals surface area (Å²) < 4.78 is 2.24. The molecular formula is C14H24N4O. The Hall–Kier alpha value is -0.940. The summed E-state index contributed by atoms with van der Waals surface area (Å²) >= 11 is 0. The number of nitrogens with zero attached hydrogens (tertiary/aromatic N) is 4. The van der Waals surface area contributed by atoms with Crippen LogP contribution in [0.2, 0.25) is 0 Å². The number of piperidine rings is 1. The third-order valence-electron chi connectivity index (χ3n) is 4.62. The lowest BCUT2D eigenvalue weighted by Crippen LogP contribution is -2.36. The Morgan fingerprint density at radius 3 is 2.89 bits per heavy atom. The fourth-order valence-corrected chi connectivity index (χ4v) is 3.59. The van der Waals surface area contributed by atoms with Gasteiger partial charge < -0.3 is 9.67 Å². The van der Waals surface area contributed by atoms with E-state index in [-0.39, 0.29) is 12.6 Å². The molecule has 106 valence electrons. The van der Waals surface area contributed by atoms with Crippen LogP contribution in [0.4, 0.5) is 0 Å². The van der Waals surface area contributed by atoms with Crippen molar-refractivity contribution in [3.8, 4) is 0 Å².